The monoisotopic (exact) mass is 290 g/mol. The first kappa shape index (κ1) is 16.5. The summed E-state index contributed by atoms with van der Waals surface area (Å²) < 4.78 is 5.31. The van der Waals surface area contributed by atoms with E-state index < -0.39 is 0 Å². The number of aryl methyl sites for hydroxylation is 1. The Bertz CT molecular complexity index is 431. The molecule has 0 saturated heterocycles. The number of hydrogen-bond acceptors (Lipinski definition) is 3. The number of rotatable bonds is 9. The minimum Gasteiger partial charge on any atom is -0.383 e. The summed E-state index contributed by atoms with van der Waals surface area (Å²) in [5.74, 6) is 0.885. The van der Waals surface area contributed by atoms with E-state index in [1.165, 1.54) is 24.0 Å². The number of methoxy groups -OCH3 is 1. The molecule has 118 valence electrons. The maximum Gasteiger partial charge on any atom is 0.0589 e. The average molecular weight is 290 g/mol. The molecular weight excluding hydrogens is 260 g/mol. The lowest BCUT2D eigenvalue weighted by atomic mass is 10.00. The van der Waals surface area contributed by atoms with Gasteiger partial charge in [-0.3, -0.25) is 4.90 Å². The van der Waals surface area contributed by atoms with E-state index in [9.17, 15) is 0 Å². The van der Waals surface area contributed by atoms with Crippen LogP contribution in [0, 0.1) is 12.8 Å². The van der Waals surface area contributed by atoms with Gasteiger partial charge in [0.2, 0.25) is 0 Å². The van der Waals surface area contributed by atoms with Crippen LogP contribution in [0.25, 0.3) is 0 Å². The highest BCUT2D eigenvalue weighted by Gasteiger charge is 2.32. The fraction of sp³-hybridized carbons (Fsp3) is 0.667. The summed E-state index contributed by atoms with van der Waals surface area (Å²) in [6, 6.07) is 9.72. The van der Waals surface area contributed by atoms with Crippen molar-refractivity contribution >= 4 is 0 Å². The summed E-state index contributed by atoms with van der Waals surface area (Å²) in [4.78, 5) is 2.59. The number of likely N-dealkylation sites (N-methyl/N-ethyl adjacent to an activating group) is 1. The van der Waals surface area contributed by atoms with Gasteiger partial charge in [-0.15, -0.1) is 0 Å². The molecule has 2 atom stereocenters. The molecule has 1 aromatic rings. The van der Waals surface area contributed by atoms with Crippen molar-refractivity contribution in [3.63, 3.8) is 0 Å². The quantitative estimate of drug-likeness (QED) is 0.756. The van der Waals surface area contributed by atoms with E-state index in [4.69, 9.17) is 4.74 Å². The van der Waals surface area contributed by atoms with Crippen molar-refractivity contribution in [2.45, 2.75) is 38.8 Å². The predicted molar refractivity (Wildman–Crippen MR) is 88.6 cm³/mol. The molecule has 0 radical (unpaired) electrons. The molecule has 3 nitrogen and oxygen atoms in total. The van der Waals surface area contributed by atoms with Gasteiger partial charge in [-0.1, -0.05) is 24.3 Å². The van der Waals surface area contributed by atoms with Crippen LogP contribution in [0.1, 0.15) is 36.9 Å². The van der Waals surface area contributed by atoms with Crippen molar-refractivity contribution in [1.29, 1.82) is 0 Å². The summed E-state index contributed by atoms with van der Waals surface area (Å²) in [7, 11) is 3.85. The van der Waals surface area contributed by atoms with Gasteiger partial charge in [0, 0.05) is 32.3 Å². The molecule has 1 N–H and O–H groups in total. The van der Waals surface area contributed by atoms with Gasteiger partial charge in [0.15, 0.2) is 0 Å². The van der Waals surface area contributed by atoms with E-state index in [1.807, 2.05) is 0 Å². The summed E-state index contributed by atoms with van der Waals surface area (Å²) in [6.07, 6.45) is 2.78. The van der Waals surface area contributed by atoms with Crippen LogP contribution < -0.4 is 5.32 Å². The lowest BCUT2D eigenvalue weighted by Gasteiger charge is -2.33. The van der Waals surface area contributed by atoms with Crippen LogP contribution in [0.3, 0.4) is 0 Å². The van der Waals surface area contributed by atoms with E-state index in [0.29, 0.717) is 12.1 Å². The molecule has 2 unspecified atom stereocenters. The lowest BCUT2D eigenvalue weighted by molar-refractivity contribution is 0.109. The van der Waals surface area contributed by atoms with Gasteiger partial charge in [-0.2, -0.15) is 0 Å². The van der Waals surface area contributed by atoms with Crippen LogP contribution in [0.2, 0.25) is 0 Å². The average Bonchev–Trinajstić information content (AvgIpc) is 3.33. The van der Waals surface area contributed by atoms with Crippen LogP contribution in [0.5, 0.6) is 0 Å². The summed E-state index contributed by atoms with van der Waals surface area (Å²) in [6.45, 7) is 7.43. The Kier molecular flexibility index (Phi) is 6.22. The van der Waals surface area contributed by atoms with Crippen molar-refractivity contribution in [2.75, 3.05) is 33.9 Å². The van der Waals surface area contributed by atoms with Crippen molar-refractivity contribution in [3.05, 3.63) is 35.4 Å². The van der Waals surface area contributed by atoms with E-state index >= 15 is 0 Å². The van der Waals surface area contributed by atoms with E-state index in [0.717, 1.165) is 25.6 Å². The maximum atomic E-state index is 5.31. The van der Waals surface area contributed by atoms with Crippen molar-refractivity contribution in [2.24, 2.45) is 5.92 Å². The third-order valence-electron chi connectivity index (χ3n) is 4.79. The highest BCUT2D eigenvalue weighted by molar-refractivity contribution is 5.29. The van der Waals surface area contributed by atoms with Crippen LogP contribution in [0.4, 0.5) is 0 Å². The lowest BCUT2D eigenvalue weighted by Crippen LogP contribution is -2.42. The second-order valence-electron chi connectivity index (χ2n) is 6.26. The topological polar surface area (TPSA) is 24.5 Å². The van der Waals surface area contributed by atoms with E-state index in [-0.39, 0.29) is 0 Å². The van der Waals surface area contributed by atoms with Crippen LogP contribution >= 0.6 is 0 Å². The number of nitrogens with one attached hydrogen (secondary N) is 1. The Morgan fingerprint density at radius 2 is 2.05 bits per heavy atom. The molecule has 1 aromatic carbocycles. The normalized spacial score (nSPS) is 18.0. The molecule has 0 amide bonds. The summed E-state index contributed by atoms with van der Waals surface area (Å²) >= 11 is 0. The number of ether oxygens (including phenoxy) is 1. The Morgan fingerprint density at radius 3 is 2.62 bits per heavy atom. The molecule has 1 aliphatic carbocycles. The molecular formula is C18H30N2O. The third-order valence-corrected chi connectivity index (χ3v) is 4.79. The second-order valence-corrected chi connectivity index (χ2v) is 6.26. The zero-order chi connectivity index (χ0) is 15.2. The van der Waals surface area contributed by atoms with Gasteiger partial charge in [-0.25, -0.2) is 0 Å². The predicted octanol–water partition coefficient (Wildman–Crippen LogP) is 3.00. The second kappa shape index (κ2) is 7.92. The smallest absolute Gasteiger partial charge is 0.0589 e. The van der Waals surface area contributed by atoms with Gasteiger partial charge in [0.25, 0.3) is 0 Å². The Labute approximate surface area is 129 Å². The van der Waals surface area contributed by atoms with Crippen LogP contribution in [-0.2, 0) is 4.74 Å². The molecule has 0 spiro atoms. The Morgan fingerprint density at radius 1 is 1.33 bits per heavy atom. The first-order chi connectivity index (χ1) is 10.2. The van der Waals surface area contributed by atoms with Crippen molar-refractivity contribution < 1.29 is 4.74 Å². The summed E-state index contributed by atoms with van der Waals surface area (Å²) in [5.41, 5.74) is 2.77. The first-order valence-electron chi connectivity index (χ1n) is 8.13. The van der Waals surface area contributed by atoms with Gasteiger partial charge >= 0.3 is 0 Å². The fourth-order valence-electron chi connectivity index (χ4n) is 3.10. The highest BCUT2D eigenvalue weighted by atomic mass is 16.5. The fourth-order valence-corrected chi connectivity index (χ4v) is 3.10. The molecule has 2 rings (SSSR count). The molecule has 0 aliphatic heterocycles. The zero-order valence-electron chi connectivity index (χ0n) is 13.9. The van der Waals surface area contributed by atoms with Gasteiger partial charge in [-0.05, 0) is 50.8 Å². The van der Waals surface area contributed by atoms with Crippen LogP contribution in [0.15, 0.2) is 24.3 Å². The Hall–Kier alpha value is -0.900. The minimum absolute atomic E-state index is 0.379. The molecule has 1 aliphatic rings. The van der Waals surface area contributed by atoms with Crippen LogP contribution in [-0.4, -0.2) is 44.8 Å². The zero-order valence-corrected chi connectivity index (χ0v) is 13.9. The van der Waals surface area contributed by atoms with E-state index in [1.54, 1.807) is 7.11 Å². The molecule has 0 heterocycles. The first-order valence-corrected chi connectivity index (χ1v) is 8.13. The SMILES string of the molecule is CNC(CN(CCOC)C(C)C1CC1)c1ccccc1C. The van der Waals surface area contributed by atoms with Crippen molar-refractivity contribution in [1.82, 2.24) is 10.2 Å². The van der Waals surface area contributed by atoms with Crippen molar-refractivity contribution in [3.8, 4) is 0 Å². The molecule has 0 bridgehead atoms. The van der Waals surface area contributed by atoms with Gasteiger partial charge in [0.05, 0.1) is 6.61 Å². The minimum atomic E-state index is 0.379. The number of nitrogens with zero attached hydrogens (tertiary/aromatic N) is 1. The molecule has 1 saturated carbocycles. The molecule has 0 aromatic heterocycles. The standard InChI is InChI=1S/C18H30N2O/c1-14-7-5-6-8-17(14)18(19-3)13-20(11-12-21-4)15(2)16-9-10-16/h5-8,15-16,18-19H,9-13H2,1-4H3. The molecule has 1 fully saturated rings. The van der Waals surface area contributed by atoms with Gasteiger partial charge in [0.1, 0.15) is 0 Å². The molecule has 3 heteroatoms. The maximum absolute atomic E-state index is 5.31. The van der Waals surface area contributed by atoms with E-state index in [2.05, 4.69) is 55.4 Å². The Balaban J connectivity index is 2.06. The number of hydrogen-bond donors (Lipinski definition) is 1. The largest absolute Gasteiger partial charge is 0.383 e. The highest BCUT2D eigenvalue weighted by Crippen LogP contribution is 2.35. The van der Waals surface area contributed by atoms with Gasteiger partial charge < -0.3 is 10.1 Å². The molecule has 21 heavy (non-hydrogen) atoms. The summed E-state index contributed by atoms with van der Waals surface area (Å²) in [5, 5.41) is 3.50. The number of benzene rings is 1. The third kappa shape index (κ3) is 4.53.